The zero-order chi connectivity index (χ0) is 13.5. The normalized spacial score (nSPS) is 23.7. The van der Waals surface area contributed by atoms with Crippen molar-refractivity contribution in [2.75, 3.05) is 26.2 Å². The van der Waals surface area contributed by atoms with Crippen molar-refractivity contribution >= 4 is 0 Å². The van der Waals surface area contributed by atoms with E-state index in [1.165, 1.54) is 45.4 Å². The summed E-state index contributed by atoms with van der Waals surface area (Å²) < 4.78 is 0. The van der Waals surface area contributed by atoms with Crippen LogP contribution in [0.5, 0.6) is 0 Å². The summed E-state index contributed by atoms with van der Waals surface area (Å²) in [7, 11) is 0. The monoisotopic (exact) mass is 254 g/mol. The Hall–Kier alpha value is -0.0800. The van der Waals surface area contributed by atoms with Crippen molar-refractivity contribution in [3.05, 3.63) is 0 Å². The van der Waals surface area contributed by atoms with Crippen molar-refractivity contribution in [3.8, 4) is 0 Å². The van der Waals surface area contributed by atoms with Gasteiger partial charge in [-0.2, -0.15) is 0 Å². The second kappa shape index (κ2) is 8.16. The van der Waals surface area contributed by atoms with E-state index in [0.29, 0.717) is 0 Å². The molecule has 1 atom stereocenters. The van der Waals surface area contributed by atoms with Gasteiger partial charge in [0.25, 0.3) is 0 Å². The molecule has 1 rings (SSSR count). The van der Waals surface area contributed by atoms with Crippen LogP contribution in [0.25, 0.3) is 0 Å². The number of nitrogens with one attached hydrogen (secondary N) is 1. The minimum Gasteiger partial charge on any atom is -0.314 e. The van der Waals surface area contributed by atoms with E-state index in [2.05, 4.69) is 44.8 Å². The van der Waals surface area contributed by atoms with E-state index in [4.69, 9.17) is 0 Å². The van der Waals surface area contributed by atoms with Gasteiger partial charge in [0.15, 0.2) is 0 Å². The first-order valence-corrected chi connectivity index (χ1v) is 8.00. The van der Waals surface area contributed by atoms with E-state index in [1.807, 2.05) is 0 Å². The molecule has 1 saturated heterocycles. The van der Waals surface area contributed by atoms with Crippen LogP contribution < -0.4 is 5.32 Å². The van der Waals surface area contributed by atoms with Crippen LogP contribution in [0.2, 0.25) is 0 Å². The lowest BCUT2D eigenvalue weighted by Crippen LogP contribution is -2.42. The molecular formula is C16H34N2. The van der Waals surface area contributed by atoms with Crippen molar-refractivity contribution in [1.29, 1.82) is 0 Å². The minimum absolute atomic E-state index is 0.740. The van der Waals surface area contributed by atoms with Crippen molar-refractivity contribution in [3.63, 3.8) is 0 Å². The number of rotatable bonds is 5. The summed E-state index contributed by atoms with van der Waals surface area (Å²) in [6.45, 7) is 16.9. The summed E-state index contributed by atoms with van der Waals surface area (Å²) in [4.78, 5) is 2.72. The molecule has 0 aromatic heterocycles. The van der Waals surface area contributed by atoms with Crippen LogP contribution in [0, 0.1) is 17.8 Å². The largest absolute Gasteiger partial charge is 0.314 e. The fourth-order valence-electron chi connectivity index (χ4n) is 3.18. The van der Waals surface area contributed by atoms with Gasteiger partial charge in [0.05, 0.1) is 0 Å². The third kappa shape index (κ3) is 5.27. The summed E-state index contributed by atoms with van der Waals surface area (Å²) in [5.41, 5.74) is 0. The van der Waals surface area contributed by atoms with Gasteiger partial charge in [-0.15, -0.1) is 0 Å². The third-order valence-corrected chi connectivity index (χ3v) is 4.55. The van der Waals surface area contributed by atoms with E-state index in [-0.39, 0.29) is 0 Å². The lowest BCUT2D eigenvalue weighted by atomic mass is 9.85. The molecule has 0 radical (unpaired) electrons. The quantitative estimate of drug-likeness (QED) is 0.809. The Morgan fingerprint density at radius 2 is 1.78 bits per heavy atom. The molecule has 108 valence electrons. The molecule has 18 heavy (non-hydrogen) atoms. The highest BCUT2D eigenvalue weighted by molar-refractivity contribution is 4.76. The van der Waals surface area contributed by atoms with E-state index in [1.54, 1.807) is 0 Å². The molecule has 1 aliphatic rings. The van der Waals surface area contributed by atoms with E-state index in [9.17, 15) is 0 Å². The molecule has 1 heterocycles. The van der Waals surface area contributed by atoms with Crippen LogP contribution in [0.1, 0.15) is 53.9 Å². The summed E-state index contributed by atoms with van der Waals surface area (Å²) in [5.74, 6) is 2.45. The first kappa shape index (κ1) is 16.0. The Kier molecular flexibility index (Phi) is 7.25. The van der Waals surface area contributed by atoms with Crippen LogP contribution >= 0.6 is 0 Å². The summed E-state index contributed by atoms with van der Waals surface area (Å²) >= 11 is 0. The topological polar surface area (TPSA) is 15.3 Å². The van der Waals surface area contributed by atoms with Gasteiger partial charge in [-0.1, -0.05) is 34.6 Å². The van der Waals surface area contributed by atoms with Crippen molar-refractivity contribution in [1.82, 2.24) is 10.2 Å². The predicted molar refractivity (Wildman–Crippen MR) is 80.9 cm³/mol. The van der Waals surface area contributed by atoms with Gasteiger partial charge in [-0.25, -0.2) is 0 Å². The Labute approximate surface area is 115 Å². The molecule has 1 N–H and O–H groups in total. The second-order valence-electron chi connectivity index (χ2n) is 6.65. The predicted octanol–water partition coefficient (Wildman–Crippen LogP) is 3.38. The molecule has 0 spiro atoms. The van der Waals surface area contributed by atoms with E-state index in [0.717, 1.165) is 23.8 Å². The van der Waals surface area contributed by atoms with Gasteiger partial charge in [-0.05, 0) is 56.7 Å². The maximum absolute atomic E-state index is 3.66. The van der Waals surface area contributed by atoms with Gasteiger partial charge in [0, 0.05) is 12.6 Å². The Balaban J connectivity index is 2.48. The molecule has 2 nitrogen and oxygen atoms in total. The molecule has 0 aromatic carbocycles. The highest BCUT2D eigenvalue weighted by Crippen LogP contribution is 2.22. The zero-order valence-electron chi connectivity index (χ0n) is 13.2. The highest BCUT2D eigenvalue weighted by Gasteiger charge is 2.22. The minimum atomic E-state index is 0.740. The lowest BCUT2D eigenvalue weighted by molar-refractivity contribution is 0.151. The number of hydrogen-bond acceptors (Lipinski definition) is 2. The molecule has 0 aromatic rings. The van der Waals surface area contributed by atoms with Crippen LogP contribution in [0.3, 0.4) is 0 Å². The molecular weight excluding hydrogens is 220 g/mol. The Bertz CT molecular complexity index is 205. The maximum atomic E-state index is 3.66. The molecule has 1 unspecified atom stereocenters. The fourth-order valence-corrected chi connectivity index (χ4v) is 3.18. The highest BCUT2D eigenvalue weighted by atomic mass is 15.1. The van der Waals surface area contributed by atoms with Gasteiger partial charge in [-0.3, -0.25) is 0 Å². The standard InChI is InChI=1S/C16H34N2/c1-6-15-8-11-18(10-7-9-17-15)12-16(13(2)3)14(4)5/h13-17H,6-12H2,1-5H3. The third-order valence-electron chi connectivity index (χ3n) is 4.55. The summed E-state index contributed by atoms with van der Waals surface area (Å²) in [5, 5.41) is 3.66. The van der Waals surface area contributed by atoms with E-state index < -0.39 is 0 Å². The molecule has 0 amide bonds. The first-order chi connectivity index (χ1) is 8.54. The van der Waals surface area contributed by atoms with Crippen molar-refractivity contribution in [2.45, 2.75) is 59.9 Å². The average Bonchev–Trinajstić information content (AvgIpc) is 2.27. The Morgan fingerprint density at radius 1 is 1.11 bits per heavy atom. The average molecular weight is 254 g/mol. The van der Waals surface area contributed by atoms with Gasteiger partial charge in [0.1, 0.15) is 0 Å². The van der Waals surface area contributed by atoms with Crippen LogP contribution in [0.4, 0.5) is 0 Å². The van der Waals surface area contributed by atoms with Gasteiger partial charge >= 0.3 is 0 Å². The fraction of sp³-hybridized carbons (Fsp3) is 1.00. The smallest absolute Gasteiger partial charge is 0.00766 e. The number of nitrogens with zero attached hydrogens (tertiary/aromatic N) is 1. The molecule has 2 heteroatoms. The van der Waals surface area contributed by atoms with Crippen molar-refractivity contribution < 1.29 is 0 Å². The SMILES string of the molecule is CCC1CCN(CC(C(C)C)C(C)C)CCCN1. The second-order valence-corrected chi connectivity index (χ2v) is 6.65. The number of hydrogen-bond donors (Lipinski definition) is 1. The molecule has 1 aliphatic heterocycles. The lowest BCUT2D eigenvalue weighted by Gasteiger charge is -2.34. The van der Waals surface area contributed by atoms with Crippen LogP contribution in [0.15, 0.2) is 0 Å². The molecule has 0 aliphatic carbocycles. The van der Waals surface area contributed by atoms with Crippen LogP contribution in [-0.2, 0) is 0 Å². The van der Waals surface area contributed by atoms with Gasteiger partial charge < -0.3 is 10.2 Å². The molecule has 0 bridgehead atoms. The Morgan fingerprint density at radius 3 is 2.33 bits per heavy atom. The van der Waals surface area contributed by atoms with Crippen molar-refractivity contribution in [2.24, 2.45) is 17.8 Å². The summed E-state index contributed by atoms with van der Waals surface area (Å²) in [6, 6.07) is 0.740. The van der Waals surface area contributed by atoms with Crippen LogP contribution in [-0.4, -0.2) is 37.1 Å². The summed E-state index contributed by atoms with van der Waals surface area (Å²) in [6.07, 6.45) is 3.89. The maximum Gasteiger partial charge on any atom is 0.00766 e. The first-order valence-electron chi connectivity index (χ1n) is 8.00. The van der Waals surface area contributed by atoms with Gasteiger partial charge in [0.2, 0.25) is 0 Å². The van der Waals surface area contributed by atoms with E-state index >= 15 is 0 Å². The molecule has 1 fully saturated rings. The molecule has 0 saturated carbocycles. The zero-order valence-corrected chi connectivity index (χ0v) is 13.2.